The predicted molar refractivity (Wildman–Crippen MR) is 110 cm³/mol. The number of hydrogen-bond acceptors (Lipinski definition) is 6. The molecule has 0 atom stereocenters. The first-order valence-electron chi connectivity index (χ1n) is 8.05. The van der Waals surface area contributed by atoms with Crippen molar-refractivity contribution in [2.45, 2.75) is 6.92 Å². The van der Waals surface area contributed by atoms with Gasteiger partial charge in [-0.2, -0.15) is 8.42 Å². The summed E-state index contributed by atoms with van der Waals surface area (Å²) in [5.41, 5.74) is 12.2. The third-order valence-electron chi connectivity index (χ3n) is 3.27. The lowest BCUT2D eigenvalue weighted by Crippen LogP contribution is -2.22. The van der Waals surface area contributed by atoms with E-state index in [4.69, 9.17) is 20.8 Å². The van der Waals surface area contributed by atoms with Gasteiger partial charge in [0, 0.05) is 19.7 Å². The number of esters is 1. The van der Waals surface area contributed by atoms with E-state index < -0.39 is 16.1 Å². The fourth-order valence-corrected chi connectivity index (χ4v) is 1.91. The lowest BCUT2D eigenvalue weighted by atomic mass is 10.2. The average molecular weight is 422 g/mol. The predicted octanol–water partition coefficient (Wildman–Crippen LogP) is 1.30. The van der Waals surface area contributed by atoms with Crippen LogP contribution in [-0.2, 0) is 14.9 Å². The van der Waals surface area contributed by atoms with Gasteiger partial charge in [0.15, 0.2) is 5.96 Å². The highest BCUT2D eigenvalue weighted by molar-refractivity contribution is 7.85. The van der Waals surface area contributed by atoms with Crippen LogP contribution in [0.15, 0.2) is 53.5 Å². The SMILES string of the molecule is CC(=O)N(C)c1ccc(OC(=O)c2ccc(N=C(N)N)cc2)cc1.CS(=O)(=O)O. The van der Waals surface area contributed by atoms with Crippen molar-refractivity contribution in [3.63, 3.8) is 0 Å². The van der Waals surface area contributed by atoms with Crippen molar-refractivity contribution in [3.8, 4) is 5.75 Å². The number of nitrogens with zero attached hydrogens (tertiary/aromatic N) is 2. The highest BCUT2D eigenvalue weighted by Crippen LogP contribution is 2.20. The number of amides is 1. The monoisotopic (exact) mass is 422 g/mol. The van der Waals surface area contributed by atoms with Gasteiger partial charge in [0.25, 0.3) is 10.1 Å². The molecule has 11 heteroatoms. The summed E-state index contributed by atoms with van der Waals surface area (Å²) < 4.78 is 31.2. The summed E-state index contributed by atoms with van der Waals surface area (Å²) in [6, 6.07) is 13.0. The number of carbonyl (C=O) groups excluding carboxylic acids is 2. The number of benzene rings is 2. The van der Waals surface area contributed by atoms with Crippen LogP contribution in [0, 0.1) is 0 Å². The molecule has 0 spiro atoms. The van der Waals surface area contributed by atoms with Crippen molar-refractivity contribution < 1.29 is 27.3 Å². The maximum atomic E-state index is 12.1. The van der Waals surface area contributed by atoms with Gasteiger partial charge >= 0.3 is 5.97 Å². The van der Waals surface area contributed by atoms with Crippen LogP contribution in [0.2, 0.25) is 0 Å². The van der Waals surface area contributed by atoms with Crippen LogP contribution >= 0.6 is 0 Å². The molecule has 2 aromatic carbocycles. The zero-order valence-electron chi connectivity index (χ0n) is 16.1. The molecule has 0 radical (unpaired) electrons. The molecular formula is C18H22N4O6S. The van der Waals surface area contributed by atoms with E-state index in [1.54, 1.807) is 55.6 Å². The molecular weight excluding hydrogens is 400 g/mol. The third kappa shape index (κ3) is 9.35. The summed E-state index contributed by atoms with van der Waals surface area (Å²) in [4.78, 5) is 28.8. The highest BCUT2D eigenvalue weighted by atomic mass is 32.2. The Balaban J connectivity index is 0.000000749. The fourth-order valence-electron chi connectivity index (χ4n) is 1.91. The molecule has 0 bridgehead atoms. The Morgan fingerprint density at radius 1 is 1.03 bits per heavy atom. The lowest BCUT2D eigenvalue weighted by Gasteiger charge is -2.15. The maximum Gasteiger partial charge on any atom is 0.343 e. The molecule has 0 fully saturated rings. The molecule has 1 amide bonds. The van der Waals surface area contributed by atoms with Gasteiger partial charge in [-0.15, -0.1) is 0 Å². The lowest BCUT2D eigenvalue weighted by molar-refractivity contribution is -0.116. The van der Waals surface area contributed by atoms with Gasteiger partial charge in [0.2, 0.25) is 5.91 Å². The molecule has 5 N–H and O–H groups in total. The van der Waals surface area contributed by atoms with E-state index >= 15 is 0 Å². The van der Waals surface area contributed by atoms with Crippen molar-refractivity contribution in [1.82, 2.24) is 0 Å². The Labute approximate surface area is 168 Å². The van der Waals surface area contributed by atoms with E-state index in [1.165, 1.54) is 11.8 Å². The molecule has 156 valence electrons. The molecule has 0 unspecified atom stereocenters. The van der Waals surface area contributed by atoms with Crippen LogP contribution in [0.1, 0.15) is 17.3 Å². The summed E-state index contributed by atoms with van der Waals surface area (Å²) in [6.45, 7) is 1.47. The first-order valence-corrected chi connectivity index (χ1v) is 9.90. The molecule has 10 nitrogen and oxygen atoms in total. The Morgan fingerprint density at radius 2 is 1.52 bits per heavy atom. The van der Waals surface area contributed by atoms with E-state index in [9.17, 15) is 18.0 Å². The van der Waals surface area contributed by atoms with E-state index in [0.717, 1.165) is 0 Å². The zero-order chi connectivity index (χ0) is 22.2. The molecule has 0 aliphatic rings. The Kier molecular flexibility index (Phi) is 8.30. The summed E-state index contributed by atoms with van der Waals surface area (Å²) in [5, 5.41) is 0. The van der Waals surface area contributed by atoms with Crippen LogP contribution < -0.4 is 21.1 Å². The average Bonchev–Trinajstić information content (AvgIpc) is 2.60. The van der Waals surface area contributed by atoms with E-state index in [1.807, 2.05) is 0 Å². The van der Waals surface area contributed by atoms with Crippen molar-refractivity contribution in [3.05, 3.63) is 54.1 Å². The van der Waals surface area contributed by atoms with Crippen molar-refractivity contribution in [2.24, 2.45) is 16.5 Å². The number of aliphatic imine (C=N–C) groups is 1. The molecule has 0 saturated heterocycles. The van der Waals surface area contributed by atoms with Gasteiger partial charge in [-0.3, -0.25) is 9.35 Å². The smallest absolute Gasteiger partial charge is 0.343 e. The molecule has 0 aliphatic carbocycles. The largest absolute Gasteiger partial charge is 0.423 e. The van der Waals surface area contributed by atoms with E-state index in [0.29, 0.717) is 28.9 Å². The van der Waals surface area contributed by atoms with Gasteiger partial charge in [0.1, 0.15) is 5.75 Å². The van der Waals surface area contributed by atoms with Crippen LogP contribution in [0.3, 0.4) is 0 Å². The first kappa shape index (κ1) is 23.6. The Morgan fingerprint density at radius 3 is 1.93 bits per heavy atom. The minimum absolute atomic E-state index is 0.0547. The number of ether oxygens (including phenoxy) is 1. The van der Waals surface area contributed by atoms with E-state index in [2.05, 4.69) is 4.99 Å². The number of guanidine groups is 1. The highest BCUT2D eigenvalue weighted by Gasteiger charge is 2.10. The fraction of sp³-hybridized carbons (Fsp3) is 0.167. The number of rotatable bonds is 4. The minimum Gasteiger partial charge on any atom is -0.423 e. The topological polar surface area (TPSA) is 165 Å². The van der Waals surface area contributed by atoms with Crippen LogP contribution in [0.5, 0.6) is 5.75 Å². The van der Waals surface area contributed by atoms with Gasteiger partial charge in [0.05, 0.1) is 17.5 Å². The van der Waals surface area contributed by atoms with E-state index in [-0.39, 0.29) is 11.9 Å². The van der Waals surface area contributed by atoms with Crippen molar-refractivity contribution in [2.75, 3.05) is 18.2 Å². The Hall–Kier alpha value is -3.44. The summed E-state index contributed by atoms with van der Waals surface area (Å²) in [6.07, 6.45) is 0.715. The number of hydrogen-bond donors (Lipinski definition) is 3. The molecule has 0 aliphatic heterocycles. The molecule has 0 aromatic heterocycles. The van der Waals surface area contributed by atoms with Crippen molar-refractivity contribution >= 4 is 39.3 Å². The number of anilines is 1. The second-order valence-electron chi connectivity index (χ2n) is 5.78. The summed E-state index contributed by atoms with van der Waals surface area (Å²) in [7, 11) is -2.00. The van der Waals surface area contributed by atoms with Gasteiger partial charge in [-0.05, 0) is 48.5 Å². The molecule has 2 aromatic rings. The molecule has 29 heavy (non-hydrogen) atoms. The standard InChI is InChI=1S/C17H18N4O3.CH4O3S/c1-11(22)21(2)14-7-9-15(10-8-14)24-16(23)12-3-5-13(6-4-12)20-17(18)19;1-5(2,3)4/h3-10H,1-2H3,(H4,18,19,20);1H3,(H,2,3,4). The van der Waals surface area contributed by atoms with Gasteiger partial charge in [-0.25, -0.2) is 9.79 Å². The number of nitrogens with two attached hydrogens (primary N) is 2. The van der Waals surface area contributed by atoms with Crippen molar-refractivity contribution in [1.29, 1.82) is 0 Å². The normalized spacial score (nSPS) is 10.2. The zero-order valence-corrected chi connectivity index (χ0v) is 16.9. The molecule has 0 heterocycles. The summed E-state index contributed by atoms with van der Waals surface area (Å²) >= 11 is 0. The minimum atomic E-state index is -3.67. The second-order valence-corrected chi connectivity index (χ2v) is 7.24. The third-order valence-corrected chi connectivity index (χ3v) is 3.27. The summed E-state index contributed by atoms with van der Waals surface area (Å²) in [5.74, 6) is -0.255. The van der Waals surface area contributed by atoms with Gasteiger partial charge < -0.3 is 21.1 Å². The first-order chi connectivity index (χ1) is 13.4. The Bertz CT molecular complexity index is 974. The number of carbonyl (C=O) groups is 2. The maximum absolute atomic E-state index is 12.1. The van der Waals surface area contributed by atoms with Crippen LogP contribution in [0.25, 0.3) is 0 Å². The van der Waals surface area contributed by atoms with Gasteiger partial charge in [-0.1, -0.05) is 0 Å². The van der Waals surface area contributed by atoms with Crippen LogP contribution in [0.4, 0.5) is 11.4 Å². The van der Waals surface area contributed by atoms with Crippen LogP contribution in [-0.4, -0.2) is 44.1 Å². The quantitative estimate of drug-likeness (QED) is 0.218. The second kappa shape index (κ2) is 10.2. The molecule has 2 rings (SSSR count). The molecule has 0 saturated carbocycles.